The van der Waals surface area contributed by atoms with Gasteiger partial charge in [-0.2, -0.15) is 0 Å². The molecule has 15 heavy (non-hydrogen) atoms. The van der Waals surface area contributed by atoms with E-state index in [1.165, 1.54) is 0 Å². The van der Waals surface area contributed by atoms with Crippen LogP contribution in [-0.4, -0.2) is 23.3 Å². The Bertz CT molecular complexity index is 357. The SMILES string of the molecule is N=C(N)c1c(Cl)cccc1SCCCO. The highest BCUT2D eigenvalue weighted by Crippen LogP contribution is 2.28. The molecule has 1 rings (SSSR count). The van der Waals surface area contributed by atoms with Gasteiger partial charge < -0.3 is 10.8 Å². The quantitative estimate of drug-likeness (QED) is 0.322. The Labute approximate surface area is 98.1 Å². The highest BCUT2D eigenvalue weighted by atomic mass is 35.5. The van der Waals surface area contributed by atoms with Gasteiger partial charge in [-0.05, 0) is 18.6 Å². The standard InChI is InChI=1S/C10H13ClN2OS/c11-7-3-1-4-8(9(7)10(12)13)15-6-2-5-14/h1,3-4,14H,2,5-6H2,(H3,12,13). The average molecular weight is 245 g/mol. The summed E-state index contributed by atoms with van der Waals surface area (Å²) in [5.41, 5.74) is 6.04. The molecule has 0 amide bonds. The van der Waals surface area contributed by atoms with Gasteiger partial charge in [0.15, 0.2) is 0 Å². The van der Waals surface area contributed by atoms with E-state index in [9.17, 15) is 0 Å². The predicted molar refractivity (Wildman–Crippen MR) is 64.9 cm³/mol. The van der Waals surface area contributed by atoms with Crippen molar-refractivity contribution in [2.75, 3.05) is 12.4 Å². The van der Waals surface area contributed by atoms with E-state index in [1.54, 1.807) is 17.8 Å². The van der Waals surface area contributed by atoms with E-state index >= 15 is 0 Å². The summed E-state index contributed by atoms with van der Waals surface area (Å²) in [5, 5.41) is 16.6. The van der Waals surface area contributed by atoms with E-state index in [0.29, 0.717) is 17.0 Å². The number of hydrogen-bond donors (Lipinski definition) is 3. The Morgan fingerprint density at radius 2 is 2.27 bits per heavy atom. The number of hydrogen-bond acceptors (Lipinski definition) is 3. The molecule has 0 radical (unpaired) electrons. The number of halogens is 1. The van der Waals surface area contributed by atoms with E-state index in [0.717, 1.165) is 10.6 Å². The third-order valence-electron chi connectivity index (χ3n) is 1.80. The molecule has 0 aliphatic heterocycles. The van der Waals surface area contributed by atoms with Crippen LogP contribution in [0.25, 0.3) is 0 Å². The highest BCUT2D eigenvalue weighted by Gasteiger charge is 2.09. The second-order valence-corrected chi connectivity index (χ2v) is 4.50. The number of benzene rings is 1. The van der Waals surface area contributed by atoms with Gasteiger partial charge in [-0.15, -0.1) is 11.8 Å². The summed E-state index contributed by atoms with van der Waals surface area (Å²) in [7, 11) is 0. The zero-order chi connectivity index (χ0) is 11.3. The van der Waals surface area contributed by atoms with Crippen LogP contribution in [0.3, 0.4) is 0 Å². The third-order valence-corrected chi connectivity index (χ3v) is 3.26. The molecule has 0 heterocycles. The Morgan fingerprint density at radius 1 is 1.53 bits per heavy atom. The molecule has 0 fully saturated rings. The Kier molecular flexibility index (Phi) is 4.94. The summed E-state index contributed by atoms with van der Waals surface area (Å²) < 4.78 is 0. The number of nitrogens with two attached hydrogens (primary N) is 1. The molecule has 0 unspecified atom stereocenters. The molecule has 82 valence electrons. The van der Waals surface area contributed by atoms with Gasteiger partial charge in [0.05, 0.1) is 5.02 Å². The minimum absolute atomic E-state index is 0.0212. The molecule has 0 bridgehead atoms. The Hall–Kier alpha value is -0.710. The molecule has 0 aromatic heterocycles. The molecule has 0 aliphatic carbocycles. The van der Waals surface area contributed by atoms with Gasteiger partial charge in [0.2, 0.25) is 0 Å². The first-order chi connectivity index (χ1) is 7.16. The summed E-state index contributed by atoms with van der Waals surface area (Å²) >= 11 is 7.50. The number of amidine groups is 1. The molecule has 0 saturated carbocycles. The zero-order valence-electron chi connectivity index (χ0n) is 8.16. The van der Waals surface area contributed by atoms with Crippen molar-refractivity contribution in [2.45, 2.75) is 11.3 Å². The summed E-state index contributed by atoms with van der Waals surface area (Å²) in [5.74, 6) is 0.768. The molecule has 1 aromatic rings. The van der Waals surface area contributed by atoms with Crippen molar-refractivity contribution in [1.82, 2.24) is 0 Å². The van der Waals surface area contributed by atoms with Crippen LogP contribution in [0.2, 0.25) is 5.02 Å². The molecule has 0 aliphatic rings. The van der Waals surface area contributed by atoms with Gasteiger partial charge in [0, 0.05) is 22.8 Å². The highest BCUT2D eigenvalue weighted by molar-refractivity contribution is 7.99. The van der Waals surface area contributed by atoms with Crippen LogP contribution < -0.4 is 5.73 Å². The smallest absolute Gasteiger partial charge is 0.125 e. The van der Waals surface area contributed by atoms with E-state index < -0.39 is 0 Å². The van der Waals surface area contributed by atoms with E-state index in [2.05, 4.69) is 0 Å². The lowest BCUT2D eigenvalue weighted by atomic mass is 10.2. The summed E-state index contributed by atoms with van der Waals surface area (Å²) in [6.07, 6.45) is 0.717. The van der Waals surface area contributed by atoms with Gasteiger partial charge in [0.25, 0.3) is 0 Å². The second kappa shape index (κ2) is 6.00. The molecular weight excluding hydrogens is 232 g/mol. The first kappa shape index (κ1) is 12.4. The van der Waals surface area contributed by atoms with Crippen molar-refractivity contribution in [2.24, 2.45) is 5.73 Å². The second-order valence-electron chi connectivity index (χ2n) is 2.95. The van der Waals surface area contributed by atoms with Crippen molar-refractivity contribution in [3.8, 4) is 0 Å². The summed E-state index contributed by atoms with van der Waals surface area (Å²) in [4.78, 5) is 0.892. The number of nitrogens with one attached hydrogen (secondary N) is 1. The van der Waals surface area contributed by atoms with E-state index in [1.807, 2.05) is 12.1 Å². The first-order valence-electron chi connectivity index (χ1n) is 4.53. The van der Waals surface area contributed by atoms with E-state index in [4.69, 9.17) is 27.9 Å². The zero-order valence-corrected chi connectivity index (χ0v) is 9.74. The molecule has 5 heteroatoms. The van der Waals surface area contributed by atoms with Crippen LogP contribution in [0.5, 0.6) is 0 Å². The van der Waals surface area contributed by atoms with Crippen LogP contribution in [-0.2, 0) is 0 Å². The van der Waals surface area contributed by atoms with Crippen LogP contribution in [0, 0.1) is 5.41 Å². The lowest BCUT2D eigenvalue weighted by Gasteiger charge is -2.08. The number of aliphatic hydroxyl groups is 1. The van der Waals surface area contributed by atoms with Crippen molar-refractivity contribution in [3.05, 3.63) is 28.8 Å². The van der Waals surface area contributed by atoms with Crippen molar-refractivity contribution in [3.63, 3.8) is 0 Å². The number of thioether (sulfide) groups is 1. The maximum Gasteiger partial charge on any atom is 0.125 e. The molecule has 1 aromatic carbocycles. The third kappa shape index (κ3) is 3.41. The molecule has 0 saturated heterocycles. The maximum absolute atomic E-state index is 8.67. The fraction of sp³-hybridized carbons (Fsp3) is 0.300. The molecule has 0 atom stereocenters. The van der Waals surface area contributed by atoms with Gasteiger partial charge in [-0.3, -0.25) is 5.41 Å². The molecular formula is C10H13ClN2OS. The van der Waals surface area contributed by atoms with Crippen LogP contribution in [0.15, 0.2) is 23.1 Å². The van der Waals surface area contributed by atoms with Crippen LogP contribution in [0.1, 0.15) is 12.0 Å². The minimum atomic E-state index is -0.0212. The normalized spacial score (nSPS) is 10.3. The number of nitrogen functional groups attached to an aromatic ring is 1. The van der Waals surface area contributed by atoms with Gasteiger partial charge >= 0.3 is 0 Å². The van der Waals surface area contributed by atoms with Gasteiger partial charge in [-0.25, -0.2) is 0 Å². The predicted octanol–water partition coefficient (Wildman–Crippen LogP) is 2.10. The fourth-order valence-corrected chi connectivity index (χ4v) is 2.50. The largest absolute Gasteiger partial charge is 0.396 e. The van der Waals surface area contributed by atoms with Crippen LogP contribution in [0.4, 0.5) is 0 Å². The molecule has 3 nitrogen and oxygen atoms in total. The van der Waals surface area contributed by atoms with Gasteiger partial charge in [0.1, 0.15) is 5.84 Å². The van der Waals surface area contributed by atoms with Crippen LogP contribution >= 0.6 is 23.4 Å². The molecule has 0 spiro atoms. The fourth-order valence-electron chi connectivity index (χ4n) is 1.13. The van der Waals surface area contributed by atoms with Crippen molar-refractivity contribution in [1.29, 1.82) is 5.41 Å². The lowest BCUT2D eigenvalue weighted by molar-refractivity contribution is 0.296. The number of aliphatic hydroxyl groups excluding tert-OH is 1. The Morgan fingerprint density at radius 3 is 2.87 bits per heavy atom. The Balaban J connectivity index is 2.86. The van der Waals surface area contributed by atoms with Gasteiger partial charge in [-0.1, -0.05) is 17.7 Å². The lowest BCUT2D eigenvalue weighted by Crippen LogP contribution is -2.13. The first-order valence-corrected chi connectivity index (χ1v) is 5.89. The monoisotopic (exact) mass is 244 g/mol. The van der Waals surface area contributed by atoms with Crippen molar-refractivity contribution < 1.29 is 5.11 Å². The number of rotatable bonds is 5. The summed E-state index contributed by atoms with van der Waals surface area (Å²) in [6, 6.07) is 5.43. The maximum atomic E-state index is 8.67. The van der Waals surface area contributed by atoms with E-state index in [-0.39, 0.29) is 12.4 Å². The topological polar surface area (TPSA) is 70.1 Å². The summed E-state index contributed by atoms with van der Waals surface area (Å²) in [6.45, 7) is 0.170. The minimum Gasteiger partial charge on any atom is -0.396 e. The average Bonchev–Trinajstić information content (AvgIpc) is 2.17. The molecule has 4 N–H and O–H groups in total. The van der Waals surface area contributed by atoms with Crippen molar-refractivity contribution >= 4 is 29.2 Å².